The van der Waals surface area contributed by atoms with Gasteiger partial charge in [0.15, 0.2) is 0 Å². The summed E-state index contributed by atoms with van der Waals surface area (Å²) >= 11 is 2.45. The molecule has 0 radical (unpaired) electrons. The van der Waals surface area contributed by atoms with Crippen molar-refractivity contribution in [2.45, 2.75) is 62.0 Å². The second kappa shape index (κ2) is 13.2. The molecule has 0 spiro atoms. The Morgan fingerprint density at radius 1 is 1.09 bits per heavy atom. The van der Waals surface area contributed by atoms with Crippen molar-refractivity contribution in [1.82, 2.24) is 14.3 Å². The lowest BCUT2D eigenvalue weighted by Crippen LogP contribution is -2.41. The first-order valence-electron chi connectivity index (χ1n) is 12.4. The molecule has 0 saturated carbocycles. The van der Waals surface area contributed by atoms with Crippen molar-refractivity contribution in [2.24, 2.45) is 11.8 Å². The highest BCUT2D eigenvalue weighted by Crippen LogP contribution is 2.28. The number of rotatable bonds is 11. The van der Waals surface area contributed by atoms with Gasteiger partial charge in [0.05, 0.1) is 18.8 Å². The molecular weight excluding hydrogens is 596 g/mol. The average Bonchev–Trinajstić information content (AvgIpc) is 2.83. The minimum absolute atomic E-state index is 0.245. The molecule has 0 aromatic carbocycles. The van der Waals surface area contributed by atoms with Crippen molar-refractivity contribution < 1.29 is 26.3 Å². The molecule has 0 bridgehead atoms. The molecule has 1 aromatic rings. The monoisotopic (exact) mass is 632 g/mol. The maximum absolute atomic E-state index is 12.4. The molecule has 3 rings (SSSR count). The van der Waals surface area contributed by atoms with Gasteiger partial charge in [0.1, 0.15) is 0 Å². The number of sulfonamides is 1. The summed E-state index contributed by atoms with van der Waals surface area (Å²) in [6.45, 7) is 5.79. The Kier molecular flexibility index (Phi) is 10.9. The molecule has 1 aromatic heterocycles. The van der Waals surface area contributed by atoms with Gasteiger partial charge >= 0.3 is 6.18 Å². The molecule has 0 aliphatic carbocycles. The zero-order valence-electron chi connectivity index (χ0n) is 20.2. The molecular formula is C23H36F3IN4O3S. The van der Waals surface area contributed by atoms with Crippen molar-refractivity contribution >= 4 is 38.6 Å². The molecule has 1 atom stereocenters. The Balaban J connectivity index is 1.29. The normalized spacial score (nSPS) is 20.3. The van der Waals surface area contributed by atoms with E-state index in [2.05, 4.69) is 44.4 Å². The smallest absolute Gasteiger partial charge is 0.380 e. The van der Waals surface area contributed by atoms with E-state index in [1.54, 1.807) is 0 Å². The summed E-state index contributed by atoms with van der Waals surface area (Å²) in [7, 11) is -3.86. The Labute approximate surface area is 220 Å². The van der Waals surface area contributed by atoms with Crippen LogP contribution in [0.25, 0.3) is 0 Å². The second-order valence-corrected chi connectivity index (χ2v) is 13.4. The van der Waals surface area contributed by atoms with Crippen LogP contribution >= 0.6 is 22.6 Å². The summed E-state index contributed by atoms with van der Waals surface area (Å²) in [6, 6.07) is 0. The van der Waals surface area contributed by atoms with Gasteiger partial charge in [-0.25, -0.2) is 22.7 Å². The van der Waals surface area contributed by atoms with Gasteiger partial charge in [-0.1, -0.05) is 29.5 Å². The summed E-state index contributed by atoms with van der Waals surface area (Å²) in [5.74, 6) is 0.840. The van der Waals surface area contributed by atoms with E-state index in [1.807, 2.05) is 12.4 Å². The van der Waals surface area contributed by atoms with Crippen molar-refractivity contribution in [2.75, 3.05) is 50.0 Å². The zero-order valence-corrected chi connectivity index (χ0v) is 23.2. The molecule has 0 N–H and O–H groups in total. The first-order chi connectivity index (χ1) is 16.6. The highest BCUT2D eigenvalue weighted by Gasteiger charge is 2.34. The molecule has 200 valence electrons. The number of halogens is 4. The number of ether oxygens (including phenoxy) is 1. The first kappa shape index (κ1) is 28.8. The van der Waals surface area contributed by atoms with Crippen molar-refractivity contribution in [3.63, 3.8) is 0 Å². The standard InChI is InChI=1S/C23H36F3IN4O3S/c1-2-18-14-28-22(29-15-18)30-8-3-19(4-9-30)13-21(27)17-34-16-20-5-10-31(11-6-20)35(32,33)12-7-23(24,25)26/h14-15,19-21H,2-13,16-17H2,1H3/t21-/m1/s1. The molecule has 3 heterocycles. The van der Waals surface area contributed by atoms with Gasteiger partial charge in [0.2, 0.25) is 16.0 Å². The maximum Gasteiger partial charge on any atom is 0.390 e. The van der Waals surface area contributed by atoms with Crippen LogP contribution in [0.3, 0.4) is 0 Å². The minimum atomic E-state index is -4.46. The fourth-order valence-electron chi connectivity index (χ4n) is 4.58. The van der Waals surface area contributed by atoms with Crippen LogP contribution in [0.1, 0.15) is 51.0 Å². The van der Waals surface area contributed by atoms with Gasteiger partial charge in [-0.3, -0.25) is 0 Å². The average molecular weight is 633 g/mol. The van der Waals surface area contributed by atoms with Crippen molar-refractivity contribution in [1.29, 1.82) is 0 Å². The van der Waals surface area contributed by atoms with Gasteiger partial charge in [-0.15, -0.1) is 0 Å². The van der Waals surface area contributed by atoms with Crippen LogP contribution in [0, 0.1) is 11.8 Å². The topological polar surface area (TPSA) is 75.6 Å². The number of anilines is 1. The van der Waals surface area contributed by atoms with E-state index < -0.39 is 28.4 Å². The number of piperidine rings is 2. The van der Waals surface area contributed by atoms with Crippen LogP contribution in [0.4, 0.5) is 19.1 Å². The van der Waals surface area contributed by atoms with Crippen LogP contribution in [0.2, 0.25) is 0 Å². The van der Waals surface area contributed by atoms with Gasteiger partial charge in [0, 0.05) is 49.1 Å². The van der Waals surface area contributed by atoms with Crippen LogP contribution in [0.5, 0.6) is 0 Å². The van der Waals surface area contributed by atoms with E-state index in [9.17, 15) is 21.6 Å². The molecule has 2 saturated heterocycles. The first-order valence-corrected chi connectivity index (χ1v) is 15.2. The van der Waals surface area contributed by atoms with Gasteiger partial charge in [0.25, 0.3) is 0 Å². The number of aromatic nitrogens is 2. The van der Waals surface area contributed by atoms with Crippen LogP contribution in [-0.2, 0) is 21.2 Å². The quantitative estimate of drug-likeness (QED) is 0.265. The molecule has 35 heavy (non-hydrogen) atoms. The third-order valence-corrected chi connectivity index (χ3v) is 9.59. The van der Waals surface area contributed by atoms with E-state index in [0.29, 0.717) is 35.9 Å². The summed E-state index contributed by atoms with van der Waals surface area (Å²) < 4.78 is 69.0. The summed E-state index contributed by atoms with van der Waals surface area (Å²) in [5.41, 5.74) is 1.15. The Morgan fingerprint density at radius 2 is 1.69 bits per heavy atom. The molecule has 2 aliphatic rings. The van der Waals surface area contributed by atoms with Crippen LogP contribution < -0.4 is 4.90 Å². The zero-order chi connectivity index (χ0) is 25.5. The third-order valence-electron chi connectivity index (χ3n) is 6.85. The van der Waals surface area contributed by atoms with E-state index >= 15 is 0 Å². The lowest BCUT2D eigenvalue weighted by atomic mass is 9.92. The van der Waals surface area contributed by atoms with E-state index in [0.717, 1.165) is 50.3 Å². The van der Waals surface area contributed by atoms with Crippen LogP contribution in [0.15, 0.2) is 12.4 Å². The van der Waals surface area contributed by atoms with Gasteiger partial charge in [-0.2, -0.15) is 13.2 Å². The molecule has 0 amide bonds. The third kappa shape index (κ3) is 9.58. The Bertz CT molecular complexity index is 873. The number of aryl methyl sites for hydroxylation is 1. The van der Waals surface area contributed by atoms with E-state index in [4.69, 9.17) is 4.74 Å². The molecule has 7 nitrogen and oxygen atoms in total. The van der Waals surface area contributed by atoms with E-state index in [1.165, 1.54) is 4.31 Å². The predicted molar refractivity (Wildman–Crippen MR) is 138 cm³/mol. The largest absolute Gasteiger partial charge is 0.390 e. The molecule has 2 aliphatic heterocycles. The van der Waals surface area contributed by atoms with Crippen molar-refractivity contribution in [3.05, 3.63) is 18.0 Å². The maximum atomic E-state index is 12.4. The van der Waals surface area contributed by atoms with E-state index in [-0.39, 0.29) is 19.0 Å². The summed E-state index contributed by atoms with van der Waals surface area (Å²) in [4.78, 5) is 11.2. The van der Waals surface area contributed by atoms with Gasteiger partial charge in [-0.05, 0) is 55.9 Å². The number of nitrogens with zero attached hydrogens (tertiary/aromatic N) is 4. The fourth-order valence-corrected chi connectivity index (χ4v) is 7.07. The lowest BCUT2D eigenvalue weighted by Gasteiger charge is -2.33. The van der Waals surface area contributed by atoms with Gasteiger partial charge < -0.3 is 9.64 Å². The summed E-state index contributed by atoms with van der Waals surface area (Å²) in [6.07, 6.45) is 3.56. The minimum Gasteiger partial charge on any atom is -0.380 e. The number of hydrogen-bond acceptors (Lipinski definition) is 6. The number of hydrogen-bond donors (Lipinski definition) is 0. The molecule has 0 unspecified atom stereocenters. The van der Waals surface area contributed by atoms with Crippen molar-refractivity contribution in [3.8, 4) is 0 Å². The lowest BCUT2D eigenvalue weighted by molar-refractivity contribution is -0.130. The van der Waals surface area contributed by atoms with Crippen LogP contribution in [-0.4, -0.2) is 77.9 Å². The Hall–Kier alpha value is -0.730. The predicted octanol–water partition coefficient (Wildman–Crippen LogP) is 4.46. The summed E-state index contributed by atoms with van der Waals surface area (Å²) in [5, 5.41) is 0. The molecule has 12 heteroatoms. The SMILES string of the molecule is CCc1cnc(N2CCC(C[C@@H](I)COCC3CCN(S(=O)(=O)CCC(F)(F)F)CC3)CC2)nc1. The Morgan fingerprint density at radius 3 is 2.26 bits per heavy atom. The fraction of sp³-hybridized carbons (Fsp3) is 0.826. The number of alkyl halides is 4. The highest BCUT2D eigenvalue weighted by atomic mass is 127. The highest BCUT2D eigenvalue weighted by molar-refractivity contribution is 14.1. The molecule has 2 fully saturated rings. The second-order valence-electron chi connectivity index (χ2n) is 9.57.